The summed E-state index contributed by atoms with van der Waals surface area (Å²) in [6.45, 7) is -0.585. The number of hydrogen-bond donors (Lipinski definition) is 2. The van der Waals surface area contributed by atoms with Gasteiger partial charge in [-0.1, -0.05) is 41.4 Å². The first-order valence-electron chi connectivity index (χ1n) is 11.6. The van der Waals surface area contributed by atoms with Crippen molar-refractivity contribution < 1.29 is 26.4 Å². The minimum atomic E-state index is -4.16. The molecule has 0 radical (unpaired) electrons. The first-order chi connectivity index (χ1) is 19.0. The highest BCUT2D eigenvalue weighted by Gasteiger charge is 2.28. The Morgan fingerprint density at radius 1 is 0.800 bits per heavy atom. The smallest absolute Gasteiger partial charge is 0.264 e. The molecule has 0 spiro atoms. The van der Waals surface area contributed by atoms with E-state index in [2.05, 4.69) is 10.0 Å². The first kappa shape index (κ1) is 29.2. The number of hydrogen-bond acceptors (Lipinski definition) is 6. The van der Waals surface area contributed by atoms with Gasteiger partial charge in [-0.05, 0) is 78.9 Å². The summed E-state index contributed by atoms with van der Waals surface area (Å²) in [6.07, 6.45) is 0. The summed E-state index contributed by atoms with van der Waals surface area (Å²) >= 11 is 12.1. The third kappa shape index (κ3) is 6.86. The Bertz CT molecular complexity index is 1720. The standard InChI is InChI=1S/C27H23Cl2N3O6S2/c1-38-26-16-13-22(17-25(26)29)32(40(36,37)24-5-3-2-4-6-24)18-27(33)30-20-11-14-23(15-12-20)39(34,35)31-21-9-7-19(28)8-10-21/h2-17,31H,18H2,1H3,(H,30,33). The van der Waals surface area contributed by atoms with Crippen LogP contribution in [0.15, 0.2) is 107 Å². The largest absolute Gasteiger partial charge is 0.495 e. The summed E-state index contributed by atoms with van der Waals surface area (Å²) in [6, 6.07) is 23.6. The maximum Gasteiger partial charge on any atom is 0.264 e. The summed E-state index contributed by atoms with van der Waals surface area (Å²) < 4.78 is 61.0. The predicted molar refractivity (Wildman–Crippen MR) is 156 cm³/mol. The van der Waals surface area contributed by atoms with E-state index in [9.17, 15) is 21.6 Å². The van der Waals surface area contributed by atoms with E-state index in [-0.39, 0.29) is 26.2 Å². The van der Waals surface area contributed by atoms with Gasteiger partial charge in [0.15, 0.2) is 0 Å². The van der Waals surface area contributed by atoms with Crippen molar-refractivity contribution in [3.63, 3.8) is 0 Å². The van der Waals surface area contributed by atoms with Crippen molar-refractivity contribution in [2.75, 3.05) is 28.0 Å². The molecule has 0 saturated heterocycles. The number of ether oxygens (including phenoxy) is 1. The van der Waals surface area contributed by atoms with Crippen molar-refractivity contribution in [3.05, 3.63) is 107 Å². The second-order valence-corrected chi connectivity index (χ2v) is 12.7. The molecule has 2 N–H and O–H groups in total. The molecule has 0 fully saturated rings. The molecule has 0 aliphatic rings. The van der Waals surface area contributed by atoms with Gasteiger partial charge in [0.25, 0.3) is 20.0 Å². The van der Waals surface area contributed by atoms with Crippen LogP contribution in [0.1, 0.15) is 0 Å². The average molecular weight is 621 g/mol. The van der Waals surface area contributed by atoms with Crippen molar-refractivity contribution in [1.82, 2.24) is 0 Å². The zero-order valence-electron chi connectivity index (χ0n) is 20.9. The highest BCUT2D eigenvalue weighted by Crippen LogP contribution is 2.32. The number of nitrogens with one attached hydrogen (secondary N) is 2. The quantitative estimate of drug-likeness (QED) is 0.237. The summed E-state index contributed by atoms with van der Waals surface area (Å²) in [4.78, 5) is 13.0. The molecule has 1 amide bonds. The minimum Gasteiger partial charge on any atom is -0.495 e. The van der Waals surface area contributed by atoms with Crippen LogP contribution in [0.2, 0.25) is 10.0 Å². The molecule has 0 atom stereocenters. The zero-order valence-corrected chi connectivity index (χ0v) is 24.1. The number of carbonyl (C=O) groups is 1. The van der Waals surface area contributed by atoms with E-state index in [1.165, 1.54) is 73.8 Å². The Labute approximate surface area is 242 Å². The zero-order chi connectivity index (χ0) is 28.9. The number of nitrogens with zero attached hydrogens (tertiary/aromatic N) is 1. The van der Waals surface area contributed by atoms with E-state index in [4.69, 9.17) is 27.9 Å². The van der Waals surface area contributed by atoms with Gasteiger partial charge in [-0.25, -0.2) is 16.8 Å². The van der Waals surface area contributed by atoms with Crippen molar-refractivity contribution in [2.24, 2.45) is 0 Å². The molecule has 0 aromatic heterocycles. The van der Waals surface area contributed by atoms with Gasteiger partial charge in [-0.2, -0.15) is 0 Å². The fourth-order valence-electron chi connectivity index (χ4n) is 3.63. The molecule has 4 rings (SSSR count). The lowest BCUT2D eigenvalue weighted by molar-refractivity contribution is -0.114. The molecule has 0 heterocycles. The molecule has 0 unspecified atom stereocenters. The molecule has 9 nitrogen and oxygen atoms in total. The molecule has 13 heteroatoms. The van der Waals surface area contributed by atoms with Crippen molar-refractivity contribution in [1.29, 1.82) is 0 Å². The number of sulfonamides is 2. The van der Waals surface area contributed by atoms with Crippen LogP contribution in [0.5, 0.6) is 5.75 Å². The molecule has 4 aromatic carbocycles. The van der Waals surface area contributed by atoms with Crippen LogP contribution in [0, 0.1) is 0 Å². The van der Waals surface area contributed by atoms with Gasteiger partial charge in [0, 0.05) is 16.4 Å². The van der Waals surface area contributed by atoms with Crippen LogP contribution in [-0.4, -0.2) is 36.4 Å². The van der Waals surface area contributed by atoms with Gasteiger partial charge in [-0.15, -0.1) is 0 Å². The fraction of sp³-hybridized carbons (Fsp3) is 0.0741. The lowest BCUT2D eigenvalue weighted by Crippen LogP contribution is -2.38. The number of halogens is 2. The van der Waals surface area contributed by atoms with Crippen LogP contribution in [-0.2, 0) is 24.8 Å². The molecular formula is C27H23Cl2N3O6S2. The Morgan fingerprint density at radius 3 is 2.02 bits per heavy atom. The number of anilines is 3. The fourth-order valence-corrected chi connectivity index (χ4v) is 6.50. The average Bonchev–Trinajstić information content (AvgIpc) is 2.93. The maximum atomic E-state index is 13.5. The Hall–Kier alpha value is -3.77. The molecule has 0 saturated carbocycles. The van der Waals surface area contributed by atoms with Gasteiger partial charge in [0.05, 0.1) is 27.6 Å². The van der Waals surface area contributed by atoms with E-state index in [1.54, 1.807) is 30.3 Å². The molecule has 208 valence electrons. The topological polar surface area (TPSA) is 122 Å². The number of amides is 1. The summed E-state index contributed by atoms with van der Waals surface area (Å²) in [5.74, 6) is -0.325. The Balaban J connectivity index is 1.54. The minimum absolute atomic E-state index is 0.0162. The molecule has 0 aliphatic carbocycles. The van der Waals surface area contributed by atoms with E-state index < -0.39 is 32.5 Å². The summed E-state index contributed by atoms with van der Waals surface area (Å²) in [5, 5.41) is 3.24. The van der Waals surface area contributed by atoms with E-state index in [0.29, 0.717) is 16.5 Å². The second kappa shape index (κ2) is 12.2. The molecule has 0 bridgehead atoms. The van der Waals surface area contributed by atoms with Gasteiger partial charge in [-0.3, -0.25) is 13.8 Å². The maximum absolute atomic E-state index is 13.5. The second-order valence-electron chi connectivity index (χ2n) is 8.33. The van der Waals surface area contributed by atoms with Gasteiger partial charge < -0.3 is 10.1 Å². The highest BCUT2D eigenvalue weighted by molar-refractivity contribution is 7.93. The molecule has 0 aliphatic heterocycles. The van der Waals surface area contributed by atoms with Gasteiger partial charge >= 0.3 is 0 Å². The van der Waals surface area contributed by atoms with Crippen molar-refractivity contribution >= 4 is 66.2 Å². The highest BCUT2D eigenvalue weighted by atomic mass is 35.5. The Morgan fingerprint density at radius 2 is 1.43 bits per heavy atom. The molecule has 4 aromatic rings. The number of benzene rings is 4. The van der Waals surface area contributed by atoms with Crippen molar-refractivity contribution in [3.8, 4) is 5.75 Å². The summed E-state index contributed by atoms with van der Waals surface area (Å²) in [7, 11) is -6.63. The number of methoxy groups -OCH3 is 1. The van der Waals surface area contributed by atoms with Crippen LogP contribution in [0.25, 0.3) is 0 Å². The SMILES string of the molecule is COc1ccc(N(CC(=O)Nc2ccc(S(=O)(=O)Nc3ccc(Cl)cc3)cc2)S(=O)(=O)c2ccccc2)cc1Cl. The third-order valence-electron chi connectivity index (χ3n) is 5.59. The normalized spacial score (nSPS) is 11.5. The molecule has 40 heavy (non-hydrogen) atoms. The number of carbonyl (C=O) groups excluding carboxylic acids is 1. The van der Waals surface area contributed by atoms with Crippen LogP contribution in [0.4, 0.5) is 17.1 Å². The first-order valence-corrected chi connectivity index (χ1v) is 15.3. The molecular weight excluding hydrogens is 597 g/mol. The van der Waals surface area contributed by atoms with Crippen LogP contribution >= 0.6 is 23.2 Å². The lowest BCUT2D eigenvalue weighted by Gasteiger charge is -2.24. The lowest BCUT2D eigenvalue weighted by atomic mass is 10.3. The Kier molecular flexibility index (Phi) is 8.89. The van der Waals surface area contributed by atoms with Crippen molar-refractivity contribution in [2.45, 2.75) is 9.79 Å². The van der Waals surface area contributed by atoms with Gasteiger partial charge in [0.1, 0.15) is 12.3 Å². The van der Waals surface area contributed by atoms with Gasteiger partial charge in [0.2, 0.25) is 5.91 Å². The summed E-state index contributed by atoms with van der Waals surface area (Å²) in [5.41, 5.74) is 0.750. The predicted octanol–water partition coefficient (Wildman–Crippen LogP) is 5.64. The van der Waals surface area contributed by atoms with Crippen LogP contribution in [0.3, 0.4) is 0 Å². The third-order valence-corrected chi connectivity index (χ3v) is 9.32. The number of rotatable bonds is 10. The van der Waals surface area contributed by atoms with Crippen LogP contribution < -0.4 is 19.1 Å². The monoisotopic (exact) mass is 619 g/mol. The van der Waals surface area contributed by atoms with E-state index >= 15 is 0 Å². The van der Waals surface area contributed by atoms with E-state index in [0.717, 1.165) is 4.31 Å². The van der Waals surface area contributed by atoms with E-state index in [1.807, 2.05) is 0 Å².